The Hall–Kier alpha value is -2.43. The van der Waals surface area contributed by atoms with Gasteiger partial charge in [0, 0.05) is 19.6 Å². The number of amides is 1. The molecule has 1 N–H and O–H groups in total. The van der Waals surface area contributed by atoms with Gasteiger partial charge in [-0.1, -0.05) is 19.1 Å². The first-order chi connectivity index (χ1) is 11.6. The lowest BCUT2D eigenvalue weighted by molar-refractivity contribution is 0.0946. The Kier molecular flexibility index (Phi) is 5.08. The van der Waals surface area contributed by atoms with Gasteiger partial charge in [0.05, 0.1) is 11.9 Å². The highest BCUT2D eigenvalue weighted by molar-refractivity contribution is 5.92. The first-order valence-electron chi connectivity index (χ1n) is 8.35. The van der Waals surface area contributed by atoms with Crippen molar-refractivity contribution in [2.45, 2.75) is 26.3 Å². The lowest BCUT2D eigenvalue weighted by Crippen LogP contribution is -2.34. The zero-order valence-corrected chi connectivity index (χ0v) is 13.8. The Labute approximate surface area is 141 Å². The summed E-state index contributed by atoms with van der Waals surface area (Å²) >= 11 is 0. The molecule has 1 fully saturated rings. The van der Waals surface area contributed by atoms with Crippen LogP contribution in [-0.2, 0) is 6.54 Å². The molecule has 3 rings (SSSR count). The minimum Gasteiger partial charge on any atom is -0.370 e. The molecule has 2 aromatic rings. The Morgan fingerprint density at radius 2 is 2.08 bits per heavy atom. The van der Waals surface area contributed by atoms with Crippen LogP contribution in [0.2, 0.25) is 0 Å². The van der Waals surface area contributed by atoms with E-state index in [1.165, 1.54) is 25.0 Å². The number of benzene rings is 1. The molecule has 1 aromatic heterocycles. The second-order valence-electron chi connectivity index (χ2n) is 6.40. The number of piperidine rings is 1. The largest absolute Gasteiger partial charge is 0.370 e. The number of aromatic nitrogens is 1. The number of nitrogens with zero attached hydrogens (tertiary/aromatic N) is 2. The highest BCUT2D eigenvalue weighted by Crippen LogP contribution is 2.22. The molecule has 5 heteroatoms. The maximum absolute atomic E-state index is 12.9. The molecule has 4 nitrogen and oxygen atoms in total. The van der Waals surface area contributed by atoms with Crippen LogP contribution < -0.4 is 10.2 Å². The Morgan fingerprint density at radius 1 is 1.29 bits per heavy atom. The van der Waals surface area contributed by atoms with Gasteiger partial charge in [0.1, 0.15) is 11.5 Å². The predicted molar refractivity (Wildman–Crippen MR) is 92.4 cm³/mol. The molecule has 1 aromatic carbocycles. The minimum atomic E-state index is -0.283. The summed E-state index contributed by atoms with van der Waals surface area (Å²) in [5, 5.41) is 2.80. The van der Waals surface area contributed by atoms with Gasteiger partial charge in [-0.2, -0.15) is 0 Å². The fraction of sp³-hybridized carbons (Fsp3) is 0.368. The summed E-state index contributed by atoms with van der Waals surface area (Å²) < 4.78 is 12.9. The van der Waals surface area contributed by atoms with Crippen molar-refractivity contribution in [3.05, 3.63) is 59.7 Å². The van der Waals surface area contributed by atoms with Crippen LogP contribution in [0.3, 0.4) is 0 Å². The zero-order valence-electron chi connectivity index (χ0n) is 13.8. The normalized spacial score (nSPS) is 17.6. The molecule has 24 heavy (non-hydrogen) atoms. The molecule has 2 heterocycles. The van der Waals surface area contributed by atoms with E-state index in [4.69, 9.17) is 0 Å². The van der Waals surface area contributed by atoms with E-state index in [2.05, 4.69) is 22.1 Å². The molecule has 1 amide bonds. The van der Waals surface area contributed by atoms with Gasteiger partial charge in [-0.3, -0.25) is 4.79 Å². The second kappa shape index (κ2) is 7.43. The lowest BCUT2D eigenvalue weighted by atomic mass is 10.00. The molecule has 0 radical (unpaired) electrons. The number of nitrogens with one attached hydrogen (secondary N) is 1. The Morgan fingerprint density at radius 3 is 2.75 bits per heavy atom. The second-order valence-corrected chi connectivity index (χ2v) is 6.40. The topological polar surface area (TPSA) is 45.2 Å². The molecule has 1 atom stereocenters. The van der Waals surface area contributed by atoms with Crippen LogP contribution in [0.15, 0.2) is 42.6 Å². The van der Waals surface area contributed by atoms with Crippen LogP contribution in [-0.4, -0.2) is 24.0 Å². The zero-order chi connectivity index (χ0) is 16.9. The molecule has 0 bridgehead atoms. The van der Waals surface area contributed by atoms with Gasteiger partial charge in [-0.25, -0.2) is 9.37 Å². The van der Waals surface area contributed by atoms with Gasteiger partial charge in [-0.05, 0) is 48.6 Å². The maximum Gasteiger partial charge on any atom is 0.270 e. The molecular weight excluding hydrogens is 305 g/mol. The molecule has 126 valence electrons. The van der Waals surface area contributed by atoms with Crippen molar-refractivity contribution in [2.24, 2.45) is 5.92 Å². The van der Waals surface area contributed by atoms with E-state index in [1.54, 1.807) is 24.4 Å². The number of rotatable bonds is 4. The Bertz CT molecular complexity index is 685. The van der Waals surface area contributed by atoms with E-state index in [0.717, 1.165) is 24.3 Å². The number of hydrogen-bond acceptors (Lipinski definition) is 3. The first kappa shape index (κ1) is 16.4. The standard InChI is InChI=1S/C19H22FN3O/c1-14-3-2-10-23(13-14)17-8-9-18(21-12-17)19(24)22-11-15-4-6-16(20)7-5-15/h4-9,12,14H,2-3,10-11,13H2,1H3,(H,22,24). The molecule has 0 aliphatic carbocycles. The summed E-state index contributed by atoms with van der Waals surface area (Å²) in [5.41, 5.74) is 2.31. The quantitative estimate of drug-likeness (QED) is 0.936. The first-order valence-corrected chi connectivity index (χ1v) is 8.35. The van der Waals surface area contributed by atoms with Gasteiger partial charge in [0.25, 0.3) is 5.91 Å². The lowest BCUT2D eigenvalue weighted by Gasteiger charge is -2.32. The van der Waals surface area contributed by atoms with Crippen molar-refractivity contribution in [3.63, 3.8) is 0 Å². The van der Waals surface area contributed by atoms with Crippen molar-refractivity contribution in [3.8, 4) is 0 Å². The number of carbonyl (C=O) groups excluding carboxylic acids is 1. The van der Waals surface area contributed by atoms with Crippen LogP contribution in [0, 0.1) is 11.7 Å². The average Bonchev–Trinajstić information content (AvgIpc) is 2.61. The SMILES string of the molecule is CC1CCCN(c2ccc(C(=O)NCc3ccc(F)cc3)nc2)C1. The van der Waals surface area contributed by atoms with Crippen molar-refractivity contribution >= 4 is 11.6 Å². The van der Waals surface area contributed by atoms with E-state index >= 15 is 0 Å². The highest BCUT2D eigenvalue weighted by atomic mass is 19.1. The van der Waals surface area contributed by atoms with Gasteiger partial charge in [0.15, 0.2) is 0 Å². The molecule has 1 aliphatic rings. The summed E-state index contributed by atoms with van der Waals surface area (Å²) in [6.07, 6.45) is 4.24. The third-order valence-corrected chi connectivity index (χ3v) is 4.37. The summed E-state index contributed by atoms with van der Waals surface area (Å²) in [6.45, 7) is 4.70. The van der Waals surface area contributed by atoms with Gasteiger partial charge < -0.3 is 10.2 Å². The maximum atomic E-state index is 12.9. The highest BCUT2D eigenvalue weighted by Gasteiger charge is 2.17. The fourth-order valence-electron chi connectivity index (χ4n) is 3.01. The fourth-order valence-corrected chi connectivity index (χ4v) is 3.01. The number of pyridine rings is 1. The molecular formula is C19H22FN3O. The van der Waals surface area contributed by atoms with Crippen molar-refractivity contribution in [1.29, 1.82) is 0 Å². The molecule has 0 saturated carbocycles. The van der Waals surface area contributed by atoms with E-state index in [-0.39, 0.29) is 11.7 Å². The van der Waals surface area contributed by atoms with Crippen LogP contribution >= 0.6 is 0 Å². The minimum absolute atomic E-state index is 0.224. The van der Waals surface area contributed by atoms with E-state index in [0.29, 0.717) is 18.2 Å². The van der Waals surface area contributed by atoms with Gasteiger partial charge >= 0.3 is 0 Å². The summed E-state index contributed by atoms with van der Waals surface area (Å²) in [6, 6.07) is 9.79. The number of carbonyl (C=O) groups is 1. The van der Waals surface area contributed by atoms with E-state index in [1.807, 2.05) is 6.07 Å². The van der Waals surface area contributed by atoms with Crippen LogP contribution in [0.5, 0.6) is 0 Å². The predicted octanol–water partition coefficient (Wildman–Crippen LogP) is 3.39. The summed E-state index contributed by atoms with van der Waals surface area (Å²) in [4.78, 5) is 18.8. The van der Waals surface area contributed by atoms with Crippen molar-refractivity contribution in [1.82, 2.24) is 10.3 Å². The molecule has 1 aliphatic heterocycles. The number of anilines is 1. The monoisotopic (exact) mass is 327 g/mol. The molecule has 1 saturated heterocycles. The van der Waals surface area contributed by atoms with Crippen LogP contribution in [0.4, 0.5) is 10.1 Å². The van der Waals surface area contributed by atoms with Gasteiger partial charge in [-0.15, -0.1) is 0 Å². The van der Waals surface area contributed by atoms with Crippen molar-refractivity contribution in [2.75, 3.05) is 18.0 Å². The van der Waals surface area contributed by atoms with Gasteiger partial charge in [0.2, 0.25) is 0 Å². The molecule has 1 unspecified atom stereocenters. The van der Waals surface area contributed by atoms with E-state index in [9.17, 15) is 9.18 Å². The van der Waals surface area contributed by atoms with Crippen LogP contribution in [0.25, 0.3) is 0 Å². The smallest absolute Gasteiger partial charge is 0.270 e. The van der Waals surface area contributed by atoms with Crippen LogP contribution in [0.1, 0.15) is 35.8 Å². The third-order valence-electron chi connectivity index (χ3n) is 4.37. The van der Waals surface area contributed by atoms with Crippen molar-refractivity contribution < 1.29 is 9.18 Å². The third kappa shape index (κ3) is 4.10. The Balaban J connectivity index is 1.58. The number of halogens is 1. The summed E-state index contributed by atoms with van der Waals surface area (Å²) in [5.74, 6) is 0.185. The molecule has 0 spiro atoms. The van der Waals surface area contributed by atoms with E-state index < -0.39 is 0 Å². The number of hydrogen-bond donors (Lipinski definition) is 1. The average molecular weight is 327 g/mol. The summed E-state index contributed by atoms with van der Waals surface area (Å²) in [7, 11) is 0.